The van der Waals surface area contributed by atoms with Gasteiger partial charge in [-0.1, -0.05) is 18.2 Å². The number of benzene rings is 2. The molecule has 2 aliphatic heterocycles. The van der Waals surface area contributed by atoms with Crippen LogP contribution in [-0.2, 0) is 11.2 Å². The van der Waals surface area contributed by atoms with E-state index in [1.54, 1.807) is 19.2 Å². The van der Waals surface area contributed by atoms with Crippen molar-refractivity contribution in [2.75, 3.05) is 27.3 Å². The molecule has 0 bridgehead atoms. The van der Waals surface area contributed by atoms with Crippen molar-refractivity contribution < 1.29 is 18.7 Å². The number of nitrogens with one attached hydrogen (secondary N) is 1. The number of ether oxygens (including phenoxy) is 2. The Morgan fingerprint density at radius 2 is 2.07 bits per heavy atom. The summed E-state index contributed by atoms with van der Waals surface area (Å²) in [6.07, 6.45) is 2.22. The quantitative estimate of drug-likeness (QED) is 0.841. The molecule has 1 N–H and O–H groups in total. The summed E-state index contributed by atoms with van der Waals surface area (Å²) >= 11 is 0. The number of amides is 1. The average molecular weight is 398 g/mol. The number of hydrogen-bond donors (Lipinski definition) is 1. The molecule has 0 radical (unpaired) electrons. The molecule has 0 saturated carbocycles. The number of carbonyl (C=O) groups excluding carboxylic acids is 1. The van der Waals surface area contributed by atoms with Gasteiger partial charge in [0.2, 0.25) is 5.91 Å². The Labute approximate surface area is 170 Å². The van der Waals surface area contributed by atoms with E-state index in [2.05, 4.69) is 17.4 Å². The Morgan fingerprint density at radius 1 is 1.21 bits per heavy atom. The van der Waals surface area contributed by atoms with Crippen LogP contribution in [0.5, 0.6) is 11.5 Å². The normalized spacial score (nSPS) is 23.6. The maximum absolute atomic E-state index is 14.0. The minimum Gasteiger partial charge on any atom is -0.497 e. The highest BCUT2D eigenvalue weighted by molar-refractivity contribution is 5.80. The maximum atomic E-state index is 14.0. The van der Waals surface area contributed by atoms with E-state index < -0.39 is 5.82 Å². The smallest absolute Gasteiger partial charge is 0.227 e. The summed E-state index contributed by atoms with van der Waals surface area (Å²) in [6.45, 7) is 1.63. The Bertz CT molecular complexity index is 888. The van der Waals surface area contributed by atoms with Crippen molar-refractivity contribution in [1.82, 2.24) is 10.2 Å². The van der Waals surface area contributed by atoms with Gasteiger partial charge in [0.15, 0.2) is 11.6 Å². The first-order valence-electron chi connectivity index (χ1n) is 10.1. The third-order valence-corrected chi connectivity index (χ3v) is 6.11. The van der Waals surface area contributed by atoms with Gasteiger partial charge in [0, 0.05) is 24.5 Å². The van der Waals surface area contributed by atoms with Crippen LogP contribution in [0.25, 0.3) is 0 Å². The minimum absolute atomic E-state index is 0.0404. The van der Waals surface area contributed by atoms with Gasteiger partial charge >= 0.3 is 0 Å². The number of carbonyl (C=O) groups is 1. The fourth-order valence-corrected chi connectivity index (χ4v) is 4.68. The van der Waals surface area contributed by atoms with Crippen LogP contribution in [0.2, 0.25) is 0 Å². The SMILES string of the molecule is COc1cccc([C@H]2CN(C(=O)Cc3ccc(OC)c(F)c3)[C@@H]3CCCN[C@H]23)c1. The summed E-state index contributed by atoms with van der Waals surface area (Å²) < 4.78 is 24.4. The van der Waals surface area contributed by atoms with Crippen molar-refractivity contribution in [2.24, 2.45) is 0 Å². The molecule has 2 aromatic carbocycles. The number of nitrogens with zero attached hydrogens (tertiary/aromatic N) is 1. The van der Waals surface area contributed by atoms with Crippen LogP contribution in [0.3, 0.4) is 0 Å². The molecule has 2 heterocycles. The van der Waals surface area contributed by atoms with Crippen molar-refractivity contribution in [1.29, 1.82) is 0 Å². The molecule has 4 rings (SSSR count). The van der Waals surface area contributed by atoms with E-state index >= 15 is 0 Å². The van der Waals surface area contributed by atoms with Crippen LogP contribution in [0.1, 0.15) is 29.9 Å². The summed E-state index contributed by atoms with van der Waals surface area (Å²) in [4.78, 5) is 15.1. The zero-order valence-electron chi connectivity index (χ0n) is 16.9. The molecule has 6 heteroatoms. The largest absolute Gasteiger partial charge is 0.497 e. The highest BCUT2D eigenvalue weighted by atomic mass is 19.1. The predicted molar refractivity (Wildman–Crippen MR) is 109 cm³/mol. The van der Waals surface area contributed by atoms with Gasteiger partial charge in [-0.15, -0.1) is 0 Å². The van der Waals surface area contributed by atoms with Crippen molar-refractivity contribution >= 4 is 5.91 Å². The Hall–Kier alpha value is -2.60. The lowest BCUT2D eigenvalue weighted by molar-refractivity contribution is -0.131. The molecule has 2 aromatic rings. The maximum Gasteiger partial charge on any atom is 0.227 e. The zero-order chi connectivity index (χ0) is 20.4. The van der Waals surface area contributed by atoms with Gasteiger partial charge in [0.25, 0.3) is 0 Å². The minimum atomic E-state index is -0.439. The van der Waals surface area contributed by atoms with Crippen LogP contribution in [-0.4, -0.2) is 50.2 Å². The van der Waals surface area contributed by atoms with Gasteiger partial charge in [-0.05, 0) is 54.8 Å². The summed E-state index contributed by atoms with van der Waals surface area (Å²) in [5.41, 5.74) is 1.85. The molecule has 0 aromatic heterocycles. The van der Waals surface area contributed by atoms with Crippen LogP contribution in [0, 0.1) is 5.82 Å². The van der Waals surface area contributed by atoms with E-state index in [1.807, 2.05) is 17.0 Å². The van der Waals surface area contributed by atoms with Crippen LogP contribution >= 0.6 is 0 Å². The topological polar surface area (TPSA) is 50.8 Å². The Kier molecular flexibility index (Phi) is 5.72. The lowest BCUT2D eigenvalue weighted by Gasteiger charge is -2.33. The molecule has 154 valence electrons. The van der Waals surface area contributed by atoms with E-state index in [0.717, 1.165) is 25.1 Å². The highest BCUT2D eigenvalue weighted by Gasteiger charge is 2.45. The van der Waals surface area contributed by atoms with E-state index in [4.69, 9.17) is 9.47 Å². The van der Waals surface area contributed by atoms with Crippen LogP contribution < -0.4 is 14.8 Å². The molecular weight excluding hydrogens is 371 g/mol. The van der Waals surface area contributed by atoms with E-state index in [-0.39, 0.29) is 36.1 Å². The van der Waals surface area contributed by atoms with Gasteiger partial charge in [-0.3, -0.25) is 4.79 Å². The molecule has 3 atom stereocenters. The van der Waals surface area contributed by atoms with Crippen molar-refractivity contribution in [3.05, 3.63) is 59.4 Å². The Balaban J connectivity index is 1.55. The first-order valence-corrected chi connectivity index (χ1v) is 10.1. The lowest BCUT2D eigenvalue weighted by atomic mass is 9.87. The molecule has 5 nitrogen and oxygen atoms in total. The molecule has 0 spiro atoms. The van der Waals surface area contributed by atoms with Crippen molar-refractivity contribution in [3.8, 4) is 11.5 Å². The first kappa shape index (κ1) is 19.7. The summed E-state index contributed by atoms with van der Waals surface area (Å²) in [6, 6.07) is 13.2. The molecular formula is C23H27FN2O3. The van der Waals surface area contributed by atoms with Crippen LogP contribution in [0.15, 0.2) is 42.5 Å². The summed E-state index contributed by atoms with van der Waals surface area (Å²) in [5.74, 6) is 0.835. The number of hydrogen-bond acceptors (Lipinski definition) is 4. The van der Waals surface area contributed by atoms with Gasteiger partial charge in [-0.2, -0.15) is 0 Å². The Morgan fingerprint density at radius 3 is 2.83 bits per heavy atom. The summed E-state index contributed by atoms with van der Waals surface area (Å²) in [5, 5.41) is 3.63. The fourth-order valence-electron chi connectivity index (χ4n) is 4.68. The van der Waals surface area contributed by atoms with E-state index in [9.17, 15) is 9.18 Å². The third kappa shape index (κ3) is 3.94. The molecule has 2 fully saturated rings. The monoisotopic (exact) mass is 398 g/mol. The van der Waals surface area contributed by atoms with E-state index in [0.29, 0.717) is 12.1 Å². The number of halogens is 1. The van der Waals surface area contributed by atoms with E-state index in [1.165, 1.54) is 18.7 Å². The van der Waals surface area contributed by atoms with Gasteiger partial charge in [0.1, 0.15) is 5.75 Å². The predicted octanol–water partition coefficient (Wildman–Crippen LogP) is 3.13. The standard InChI is InChI=1S/C23H27FN2O3/c1-28-17-6-3-5-16(13-17)18-14-26(20-7-4-10-25-23(18)20)22(27)12-15-8-9-21(29-2)19(24)11-15/h3,5-6,8-9,11,13,18,20,23,25H,4,7,10,12,14H2,1-2H3/t18-,20-,23-/m1/s1. The summed E-state index contributed by atoms with van der Waals surface area (Å²) in [7, 11) is 3.10. The molecule has 29 heavy (non-hydrogen) atoms. The van der Waals surface area contributed by atoms with Crippen LogP contribution in [0.4, 0.5) is 4.39 Å². The number of likely N-dealkylation sites (tertiary alicyclic amines) is 1. The van der Waals surface area contributed by atoms with Gasteiger partial charge < -0.3 is 19.7 Å². The van der Waals surface area contributed by atoms with Crippen molar-refractivity contribution in [2.45, 2.75) is 37.3 Å². The van der Waals surface area contributed by atoms with Crippen molar-refractivity contribution in [3.63, 3.8) is 0 Å². The lowest BCUT2D eigenvalue weighted by Crippen LogP contribution is -2.49. The molecule has 0 unspecified atom stereocenters. The number of rotatable bonds is 5. The number of methoxy groups -OCH3 is 2. The molecule has 2 aliphatic rings. The number of piperidine rings is 1. The molecule has 0 aliphatic carbocycles. The second-order valence-corrected chi connectivity index (χ2v) is 7.76. The van der Waals surface area contributed by atoms with Gasteiger partial charge in [0.05, 0.1) is 20.6 Å². The third-order valence-electron chi connectivity index (χ3n) is 6.11. The number of fused-ring (bicyclic) bond motifs is 1. The second kappa shape index (κ2) is 8.41. The first-order chi connectivity index (χ1) is 14.1. The second-order valence-electron chi connectivity index (χ2n) is 7.76. The molecule has 1 amide bonds. The zero-order valence-corrected chi connectivity index (χ0v) is 16.9. The fraction of sp³-hybridized carbons (Fsp3) is 0.435. The average Bonchev–Trinajstić information content (AvgIpc) is 3.14. The molecule has 2 saturated heterocycles. The highest BCUT2D eigenvalue weighted by Crippen LogP contribution is 2.37. The van der Waals surface area contributed by atoms with Gasteiger partial charge in [-0.25, -0.2) is 4.39 Å².